The Balaban J connectivity index is 2.02. The van der Waals surface area contributed by atoms with E-state index >= 15 is 0 Å². The number of nitrogens with zero attached hydrogens (tertiary/aromatic N) is 2. The first kappa shape index (κ1) is 15.9. The van der Waals surface area contributed by atoms with Crippen LogP contribution < -0.4 is 0 Å². The maximum Gasteiger partial charge on any atom is 0.172 e. The van der Waals surface area contributed by atoms with Gasteiger partial charge in [-0.05, 0) is 43.0 Å². The van der Waals surface area contributed by atoms with E-state index in [1.165, 1.54) is 0 Å². The molecule has 3 aromatic rings. The average molecular weight is 330 g/mol. The van der Waals surface area contributed by atoms with Crippen LogP contribution >= 0.6 is 0 Å². The first-order valence-corrected chi connectivity index (χ1v) is 8.86. The molecule has 1 N–H and O–H groups in total. The quantitative estimate of drug-likeness (QED) is 0.761. The first-order valence-electron chi connectivity index (χ1n) is 8.86. The van der Waals surface area contributed by atoms with Gasteiger partial charge in [0.05, 0.1) is 11.0 Å². The van der Waals surface area contributed by atoms with E-state index < -0.39 is 5.60 Å². The number of hydrogen-bond donors (Lipinski definition) is 1. The zero-order valence-corrected chi connectivity index (χ0v) is 14.4. The van der Waals surface area contributed by atoms with Gasteiger partial charge in [0.15, 0.2) is 11.4 Å². The molecule has 1 atom stereocenters. The molecule has 0 bridgehead atoms. The third-order valence-electron chi connectivity index (χ3n) is 4.90. The molecule has 25 heavy (non-hydrogen) atoms. The normalized spacial score (nSPS) is 16.6. The molecular weight excluding hydrogens is 308 g/mol. The summed E-state index contributed by atoms with van der Waals surface area (Å²) in [4.78, 5) is 4.85. The van der Waals surface area contributed by atoms with E-state index in [2.05, 4.69) is 29.7 Å². The third kappa shape index (κ3) is 2.52. The summed E-state index contributed by atoms with van der Waals surface area (Å²) in [6, 6.07) is 17.9. The number of aromatic nitrogens is 2. The van der Waals surface area contributed by atoms with Gasteiger partial charge in [-0.2, -0.15) is 0 Å². The Labute approximate surface area is 148 Å². The highest BCUT2D eigenvalue weighted by Gasteiger charge is 2.39. The molecule has 0 aliphatic heterocycles. The number of allylic oxidation sites excluding steroid dienone is 2. The van der Waals surface area contributed by atoms with Crippen LogP contribution in [0.1, 0.15) is 31.2 Å². The van der Waals surface area contributed by atoms with Crippen LogP contribution in [0.5, 0.6) is 0 Å². The van der Waals surface area contributed by atoms with Crippen LogP contribution in [0.15, 0.2) is 78.4 Å². The lowest BCUT2D eigenvalue weighted by Gasteiger charge is -2.31. The predicted molar refractivity (Wildman–Crippen MR) is 101 cm³/mol. The van der Waals surface area contributed by atoms with Crippen molar-refractivity contribution in [3.63, 3.8) is 0 Å². The summed E-state index contributed by atoms with van der Waals surface area (Å²) in [7, 11) is 0. The molecule has 1 heterocycles. The van der Waals surface area contributed by atoms with E-state index in [0.29, 0.717) is 5.82 Å². The van der Waals surface area contributed by atoms with E-state index in [4.69, 9.17) is 4.98 Å². The minimum atomic E-state index is -1.26. The molecule has 3 nitrogen and oxygen atoms in total. The molecule has 4 rings (SSSR count). The lowest BCUT2D eigenvalue weighted by atomic mass is 9.82. The summed E-state index contributed by atoms with van der Waals surface area (Å²) >= 11 is 0. The Kier molecular flexibility index (Phi) is 4.02. The van der Waals surface area contributed by atoms with Crippen molar-refractivity contribution >= 4 is 11.0 Å². The molecule has 0 spiro atoms. The molecule has 2 aromatic carbocycles. The smallest absolute Gasteiger partial charge is 0.172 e. The summed E-state index contributed by atoms with van der Waals surface area (Å²) in [6.45, 7) is 2.84. The standard InChI is InChI=1S/C22H22N2O/c1-2-24-20-16-10-9-15-19(20)23-21(24)22(25,17-11-5-3-6-12-17)18-13-7-4-8-14-18/h3,5-7,9-16,25H,2,4,8H2,1H3. The van der Waals surface area contributed by atoms with Gasteiger partial charge in [-0.1, -0.05) is 60.7 Å². The fourth-order valence-electron chi connectivity index (χ4n) is 3.66. The first-order chi connectivity index (χ1) is 12.2. The Hall–Kier alpha value is -2.65. The number of aliphatic hydroxyl groups is 1. The van der Waals surface area contributed by atoms with Gasteiger partial charge in [0.25, 0.3) is 0 Å². The summed E-state index contributed by atoms with van der Waals surface area (Å²) in [5.74, 6) is 0.681. The van der Waals surface area contributed by atoms with Gasteiger partial charge < -0.3 is 9.67 Å². The van der Waals surface area contributed by atoms with E-state index in [-0.39, 0.29) is 0 Å². The van der Waals surface area contributed by atoms with Crippen molar-refractivity contribution in [3.05, 3.63) is 89.8 Å². The number of rotatable bonds is 4. The zero-order valence-electron chi connectivity index (χ0n) is 14.4. The molecule has 0 saturated carbocycles. The Bertz CT molecular complexity index is 953. The summed E-state index contributed by atoms with van der Waals surface area (Å²) in [5, 5.41) is 12.0. The number of benzene rings is 2. The molecule has 0 radical (unpaired) electrons. The van der Waals surface area contributed by atoms with Gasteiger partial charge in [-0.15, -0.1) is 0 Å². The fraction of sp³-hybridized carbons (Fsp3) is 0.227. The van der Waals surface area contributed by atoms with Crippen LogP contribution in [-0.4, -0.2) is 14.7 Å². The van der Waals surface area contributed by atoms with Gasteiger partial charge in [0.1, 0.15) is 0 Å². The van der Waals surface area contributed by atoms with Gasteiger partial charge >= 0.3 is 0 Å². The van der Waals surface area contributed by atoms with Gasteiger partial charge in [-0.3, -0.25) is 0 Å². The second-order valence-corrected chi connectivity index (χ2v) is 6.38. The van der Waals surface area contributed by atoms with Crippen LogP contribution in [0.25, 0.3) is 11.0 Å². The largest absolute Gasteiger partial charge is 0.373 e. The zero-order chi connectivity index (χ0) is 17.3. The maximum atomic E-state index is 12.0. The lowest BCUT2D eigenvalue weighted by Crippen LogP contribution is -2.33. The van der Waals surface area contributed by atoms with Gasteiger partial charge in [-0.25, -0.2) is 4.98 Å². The van der Waals surface area contributed by atoms with E-state index in [9.17, 15) is 5.11 Å². The number of para-hydroxylation sites is 2. The monoisotopic (exact) mass is 330 g/mol. The van der Waals surface area contributed by atoms with Crippen LogP contribution in [0, 0.1) is 0 Å². The van der Waals surface area contributed by atoms with Gasteiger partial charge in [0, 0.05) is 6.54 Å². The molecule has 126 valence electrons. The van der Waals surface area contributed by atoms with Crippen molar-refractivity contribution in [3.8, 4) is 0 Å². The lowest BCUT2D eigenvalue weighted by molar-refractivity contribution is 0.110. The minimum absolute atomic E-state index is 0.681. The van der Waals surface area contributed by atoms with E-state index in [1.54, 1.807) is 0 Å². The van der Waals surface area contributed by atoms with Crippen molar-refractivity contribution < 1.29 is 5.11 Å². The average Bonchev–Trinajstić information content (AvgIpc) is 3.08. The van der Waals surface area contributed by atoms with E-state index in [1.807, 2.05) is 54.6 Å². The van der Waals surface area contributed by atoms with Crippen LogP contribution in [-0.2, 0) is 12.1 Å². The Morgan fingerprint density at radius 2 is 1.80 bits per heavy atom. The number of fused-ring (bicyclic) bond motifs is 1. The Morgan fingerprint density at radius 1 is 1.04 bits per heavy atom. The molecular formula is C22H22N2O. The third-order valence-corrected chi connectivity index (χ3v) is 4.90. The van der Waals surface area contributed by atoms with Crippen molar-refractivity contribution in [1.82, 2.24) is 9.55 Å². The molecule has 3 heteroatoms. The van der Waals surface area contributed by atoms with Crippen LogP contribution in [0.2, 0.25) is 0 Å². The molecule has 1 aromatic heterocycles. The summed E-state index contributed by atoms with van der Waals surface area (Å²) in [6.07, 6.45) is 8.25. The minimum Gasteiger partial charge on any atom is -0.373 e. The highest BCUT2D eigenvalue weighted by Crippen LogP contribution is 2.39. The molecule has 0 amide bonds. The fourth-order valence-corrected chi connectivity index (χ4v) is 3.66. The Morgan fingerprint density at radius 3 is 2.52 bits per heavy atom. The molecule has 0 fully saturated rings. The SMILES string of the molecule is CCn1c(C(O)(C2=CCCC=C2)c2ccccc2)nc2ccccc21. The summed E-state index contributed by atoms with van der Waals surface area (Å²) < 4.78 is 2.12. The van der Waals surface area contributed by atoms with Crippen molar-refractivity contribution in [1.29, 1.82) is 0 Å². The van der Waals surface area contributed by atoms with Crippen LogP contribution in [0.3, 0.4) is 0 Å². The van der Waals surface area contributed by atoms with Gasteiger partial charge in [0.2, 0.25) is 0 Å². The van der Waals surface area contributed by atoms with Crippen molar-refractivity contribution in [2.45, 2.75) is 31.9 Å². The predicted octanol–water partition coefficient (Wildman–Crippen LogP) is 4.57. The second-order valence-electron chi connectivity index (χ2n) is 6.38. The van der Waals surface area contributed by atoms with Crippen LogP contribution in [0.4, 0.5) is 0 Å². The summed E-state index contributed by atoms with van der Waals surface area (Å²) in [5.41, 5.74) is 2.45. The second kappa shape index (κ2) is 6.34. The highest BCUT2D eigenvalue weighted by atomic mass is 16.3. The number of imidazole rings is 1. The molecule has 0 saturated heterocycles. The van der Waals surface area contributed by atoms with E-state index in [0.717, 1.165) is 41.6 Å². The number of hydrogen-bond acceptors (Lipinski definition) is 2. The molecule has 1 aliphatic carbocycles. The van der Waals surface area contributed by atoms with Crippen molar-refractivity contribution in [2.75, 3.05) is 0 Å². The molecule has 1 unspecified atom stereocenters. The van der Waals surface area contributed by atoms with Crippen molar-refractivity contribution in [2.24, 2.45) is 0 Å². The topological polar surface area (TPSA) is 38.0 Å². The number of aryl methyl sites for hydroxylation is 1. The highest BCUT2D eigenvalue weighted by molar-refractivity contribution is 5.76. The maximum absolute atomic E-state index is 12.0. The molecule has 1 aliphatic rings.